The summed E-state index contributed by atoms with van der Waals surface area (Å²) < 4.78 is 7.15. The number of nitro groups is 1. The van der Waals surface area contributed by atoms with E-state index in [-0.39, 0.29) is 11.4 Å². The van der Waals surface area contributed by atoms with Gasteiger partial charge in [-0.05, 0) is 36.4 Å². The molecule has 0 radical (unpaired) electrons. The highest BCUT2D eigenvalue weighted by atomic mass is 16.6. The summed E-state index contributed by atoms with van der Waals surface area (Å²) in [5.74, 6) is 1.20. The summed E-state index contributed by atoms with van der Waals surface area (Å²) in [5, 5.41) is 11.6. The molecule has 1 fully saturated rings. The molecule has 0 bridgehead atoms. The largest absolute Gasteiger partial charge is 0.490 e. The smallest absolute Gasteiger partial charge is 0.311 e. The Labute approximate surface area is 196 Å². The van der Waals surface area contributed by atoms with E-state index in [1.807, 2.05) is 41.1 Å². The first-order valence-corrected chi connectivity index (χ1v) is 11.0. The average Bonchev–Trinajstić information content (AvgIpc) is 3.22. The first-order valence-electron chi connectivity index (χ1n) is 11.0. The quantitative estimate of drug-likeness (QED) is 0.345. The van der Waals surface area contributed by atoms with Crippen molar-refractivity contribution in [3.8, 4) is 17.0 Å². The van der Waals surface area contributed by atoms with Crippen molar-refractivity contribution in [1.82, 2.24) is 19.3 Å². The molecule has 1 aromatic carbocycles. The molecule has 10 heteroatoms. The number of nitrogens with two attached hydrogens (primary N) is 1. The fourth-order valence-corrected chi connectivity index (χ4v) is 4.36. The Hall–Kier alpha value is -4.18. The summed E-state index contributed by atoms with van der Waals surface area (Å²) in [7, 11) is 1.42. The molecule has 4 aromatic rings. The molecule has 2 N–H and O–H groups in total. The third-order valence-electron chi connectivity index (χ3n) is 6.11. The summed E-state index contributed by atoms with van der Waals surface area (Å²) in [5.41, 5.74) is 9.65. The molecular weight excluding hydrogens is 434 g/mol. The molecule has 1 aliphatic rings. The number of methoxy groups -OCH3 is 1. The number of anilines is 2. The zero-order chi connectivity index (χ0) is 23.7. The Morgan fingerprint density at radius 1 is 1.12 bits per heavy atom. The molecule has 0 amide bonds. The molecule has 0 aliphatic carbocycles. The highest BCUT2D eigenvalue weighted by molar-refractivity contribution is 5.71. The number of piperazine rings is 1. The van der Waals surface area contributed by atoms with E-state index in [4.69, 9.17) is 15.5 Å². The number of rotatable bonds is 6. The summed E-state index contributed by atoms with van der Waals surface area (Å²) in [6.07, 6.45) is 3.66. The van der Waals surface area contributed by atoms with Crippen LogP contribution < -0.4 is 15.4 Å². The van der Waals surface area contributed by atoms with Gasteiger partial charge >= 0.3 is 5.69 Å². The molecule has 10 nitrogen and oxygen atoms in total. The minimum absolute atomic E-state index is 0.0912. The maximum atomic E-state index is 11.6. The lowest BCUT2D eigenvalue weighted by Gasteiger charge is -2.35. The standard InChI is InChI=1S/C24H25N7O3/c1-34-21-7-5-17(14-19(21)31(32)33)24-20(30-15-18(25)6-8-23(30)27-24)16-28-10-12-29(13-11-28)22-4-2-3-9-26-22/h2-9,14-15H,10-13,16,25H2,1H3. The molecule has 34 heavy (non-hydrogen) atoms. The van der Waals surface area contributed by atoms with E-state index >= 15 is 0 Å². The molecule has 4 heterocycles. The number of nitrogen functional groups attached to an aromatic ring is 1. The number of fused-ring (bicyclic) bond motifs is 1. The lowest BCUT2D eigenvalue weighted by atomic mass is 10.1. The summed E-state index contributed by atoms with van der Waals surface area (Å²) >= 11 is 0. The number of imidazole rings is 1. The van der Waals surface area contributed by atoms with Gasteiger partial charge in [-0.3, -0.25) is 15.0 Å². The maximum Gasteiger partial charge on any atom is 0.311 e. The van der Waals surface area contributed by atoms with Crippen LogP contribution in [0.2, 0.25) is 0 Å². The van der Waals surface area contributed by atoms with Crippen LogP contribution in [0.4, 0.5) is 17.2 Å². The van der Waals surface area contributed by atoms with Crippen molar-refractivity contribution in [2.45, 2.75) is 6.54 Å². The summed E-state index contributed by atoms with van der Waals surface area (Å²) in [6.45, 7) is 4.07. The maximum absolute atomic E-state index is 11.6. The van der Waals surface area contributed by atoms with Crippen molar-refractivity contribution in [1.29, 1.82) is 0 Å². The van der Waals surface area contributed by atoms with E-state index in [9.17, 15) is 10.1 Å². The van der Waals surface area contributed by atoms with E-state index in [1.54, 1.807) is 18.2 Å². The minimum Gasteiger partial charge on any atom is -0.490 e. The molecule has 174 valence electrons. The molecule has 1 aliphatic heterocycles. The lowest BCUT2D eigenvalue weighted by molar-refractivity contribution is -0.385. The van der Waals surface area contributed by atoms with Gasteiger partial charge in [0.1, 0.15) is 11.5 Å². The molecule has 0 atom stereocenters. The van der Waals surface area contributed by atoms with Gasteiger partial charge in [-0.1, -0.05) is 6.07 Å². The Balaban J connectivity index is 1.48. The zero-order valence-corrected chi connectivity index (χ0v) is 18.8. The van der Waals surface area contributed by atoms with Gasteiger partial charge in [0.2, 0.25) is 0 Å². The van der Waals surface area contributed by atoms with Crippen LogP contribution in [0, 0.1) is 10.1 Å². The average molecular weight is 460 g/mol. The van der Waals surface area contributed by atoms with Gasteiger partial charge in [0.15, 0.2) is 5.75 Å². The number of hydrogen-bond donors (Lipinski definition) is 1. The van der Waals surface area contributed by atoms with E-state index < -0.39 is 4.92 Å². The first-order chi connectivity index (χ1) is 16.5. The van der Waals surface area contributed by atoms with Gasteiger partial charge in [-0.2, -0.15) is 0 Å². The molecule has 0 spiro atoms. The Morgan fingerprint density at radius 3 is 2.65 bits per heavy atom. The SMILES string of the molecule is COc1ccc(-c2nc3ccc(N)cn3c2CN2CCN(c3ccccn3)CC2)cc1[N+](=O)[O-]. The zero-order valence-electron chi connectivity index (χ0n) is 18.8. The van der Waals surface area contributed by atoms with Crippen molar-refractivity contribution in [3.63, 3.8) is 0 Å². The number of hydrogen-bond acceptors (Lipinski definition) is 8. The number of pyridine rings is 2. The van der Waals surface area contributed by atoms with Crippen LogP contribution >= 0.6 is 0 Å². The molecule has 3 aromatic heterocycles. The third-order valence-corrected chi connectivity index (χ3v) is 6.11. The third kappa shape index (κ3) is 4.11. The topological polar surface area (TPSA) is 115 Å². The van der Waals surface area contributed by atoms with Crippen molar-refractivity contribution in [2.75, 3.05) is 43.9 Å². The van der Waals surface area contributed by atoms with Gasteiger partial charge in [0.05, 0.1) is 23.4 Å². The van der Waals surface area contributed by atoms with Crippen LogP contribution in [0.3, 0.4) is 0 Å². The lowest BCUT2D eigenvalue weighted by Crippen LogP contribution is -2.46. The predicted octanol–water partition coefficient (Wildman–Crippen LogP) is 3.22. The number of ether oxygens (including phenoxy) is 1. The van der Waals surface area contributed by atoms with Crippen LogP contribution in [0.5, 0.6) is 5.75 Å². The molecule has 5 rings (SSSR count). The van der Waals surface area contributed by atoms with Gasteiger partial charge in [-0.25, -0.2) is 9.97 Å². The summed E-state index contributed by atoms with van der Waals surface area (Å²) in [4.78, 5) is 25.1. The fraction of sp³-hybridized carbons (Fsp3) is 0.250. The van der Waals surface area contributed by atoms with Gasteiger partial charge in [0, 0.05) is 62.4 Å². The van der Waals surface area contributed by atoms with Crippen molar-refractivity contribution >= 4 is 22.8 Å². The number of nitro benzene ring substituents is 1. The van der Waals surface area contributed by atoms with Crippen molar-refractivity contribution in [2.24, 2.45) is 0 Å². The molecule has 1 saturated heterocycles. The molecule has 0 unspecified atom stereocenters. The van der Waals surface area contributed by atoms with Crippen molar-refractivity contribution in [3.05, 3.63) is 76.7 Å². The highest BCUT2D eigenvalue weighted by Crippen LogP contribution is 2.34. The van der Waals surface area contributed by atoms with Gasteiger partial charge < -0.3 is 19.8 Å². The van der Waals surface area contributed by atoms with Crippen LogP contribution in [0.1, 0.15) is 5.69 Å². The fourth-order valence-electron chi connectivity index (χ4n) is 4.36. The van der Waals surface area contributed by atoms with Gasteiger partial charge in [-0.15, -0.1) is 0 Å². The minimum atomic E-state index is -0.438. The first kappa shape index (κ1) is 21.7. The second-order valence-corrected chi connectivity index (χ2v) is 8.19. The van der Waals surface area contributed by atoms with Crippen LogP contribution in [0.25, 0.3) is 16.9 Å². The van der Waals surface area contributed by atoms with Crippen LogP contribution in [-0.4, -0.2) is 57.5 Å². The van der Waals surface area contributed by atoms with E-state index in [1.165, 1.54) is 13.2 Å². The number of aromatic nitrogens is 3. The monoisotopic (exact) mass is 459 g/mol. The number of benzene rings is 1. The van der Waals surface area contributed by atoms with Gasteiger partial charge in [0.25, 0.3) is 0 Å². The van der Waals surface area contributed by atoms with E-state index in [0.717, 1.165) is 43.3 Å². The Bertz CT molecular complexity index is 1330. The molecule has 0 saturated carbocycles. The number of nitrogens with zero attached hydrogens (tertiary/aromatic N) is 6. The van der Waals surface area contributed by atoms with Crippen molar-refractivity contribution < 1.29 is 9.66 Å². The van der Waals surface area contributed by atoms with E-state index in [0.29, 0.717) is 23.5 Å². The Kier molecular flexibility index (Phi) is 5.72. The second kappa shape index (κ2) is 8.99. The highest BCUT2D eigenvalue weighted by Gasteiger charge is 2.24. The Morgan fingerprint density at radius 2 is 1.94 bits per heavy atom. The second-order valence-electron chi connectivity index (χ2n) is 8.19. The van der Waals surface area contributed by atoms with Crippen LogP contribution in [-0.2, 0) is 6.54 Å². The normalized spacial score (nSPS) is 14.4. The van der Waals surface area contributed by atoms with E-state index in [2.05, 4.69) is 14.8 Å². The predicted molar refractivity (Wildman–Crippen MR) is 130 cm³/mol. The summed E-state index contributed by atoms with van der Waals surface area (Å²) in [6, 6.07) is 14.5. The van der Waals surface area contributed by atoms with Crippen LogP contribution in [0.15, 0.2) is 60.9 Å². The molecular formula is C24H25N7O3.